The summed E-state index contributed by atoms with van der Waals surface area (Å²) in [7, 11) is 0. The van der Waals surface area contributed by atoms with Crippen molar-refractivity contribution in [1.82, 2.24) is 0 Å². The first-order chi connectivity index (χ1) is 24.5. The molecule has 0 saturated carbocycles. The molecule has 12 nitrogen and oxygen atoms in total. The number of hydrogen-bond acceptors (Lipinski definition) is 12. The number of hydrogen-bond donors (Lipinski definition) is 8. The van der Waals surface area contributed by atoms with E-state index in [1.807, 2.05) is 0 Å². The minimum absolute atomic E-state index is 0.0304. The number of benzene rings is 4. The molecule has 2 aliphatic heterocycles. The van der Waals surface area contributed by atoms with Crippen LogP contribution in [0.15, 0.2) is 84.0 Å². The number of fused-ring (bicyclic) bond motifs is 4. The maximum atomic E-state index is 14.8. The number of phenols is 7. The molecule has 4 aromatic carbocycles. The Morgan fingerprint density at radius 1 is 0.827 bits per heavy atom. The second-order valence-electron chi connectivity index (χ2n) is 13.9. The van der Waals surface area contributed by atoms with Crippen LogP contribution in [0.2, 0.25) is 0 Å². The van der Waals surface area contributed by atoms with Gasteiger partial charge in [0.05, 0.1) is 5.56 Å². The van der Waals surface area contributed by atoms with Crippen LogP contribution in [0.4, 0.5) is 0 Å². The van der Waals surface area contributed by atoms with E-state index in [-0.39, 0.29) is 63.8 Å². The van der Waals surface area contributed by atoms with E-state index in [1.54, 1.807) is 32.9 Å². The molecule has 0 spiro atoms. The molecule has 0 aromatic heterocycles. The molecule has 0 unspecified atom stereocenters. The monoisotopic (exact) mass is 708 g/mol. The molecule has 0 amide bonds. The van der Waals surface area contributed by atoms with Gasteiger partial charge < -0.3 is 50.3 Å². The van der Waals surface area contributed by atoms with Gasteiger partial charge in [0.2, 0.25) is 11.4 Å². The highest BCUT2D eigenvalue weighted by atomic mass is 16.7. The zero-order valence-electron chi connectivity index (χ0n) is 28.3. The quantitative estimate of drug-likeness (QED) is 0.0824. The molecule has 2 heterocycles. The average Bonchev–Trinajstić information content (AvgIpc) is 3.30. The molecule has 4 aromatic rings. The van der Waals surface area contributed by atoms with Gasteiger partial charge >= 0.3 is 0 Å². The summed E-state index contributed by atoms with van der Waals surface area (Å²) in [5.41, 5.74) is -1.20. The van der Waals surface area contributed by atoms with Gasteiger partial charge in [0.15, 0.2) is 5.78 Å². The Bertz CT molecular complexity index is 2230. The van der Waals surface area contributed by atoms with E-state index in [9.17, 15) is 50.4 Å². The summed E-state index contributed by atoms with van der Waals surface area (Å²) < 4.78 is 12.3. The standard InChI is InChI=1S/C40H36O12/c1-18(2)8-9-39-38(49)35-32(52-40(39,50)28-7-5-22(42)16-31(28)51-39)17-30(46)34(37(35)48)27-11-19(3)10-26(25-6-4-21(41)15-29(25)45)33(27)36(47)20-12-23(43)14-24(44)13-20/h4-8,11-17,26-27,33,41-46,48,50H,9-10H2,1-3H3/t26-,27-,33-,39+,40+/m0/s1. The Balaban J connectivity index is 1.44. The van der Waals surface area contributed by atoms with E-state index in [1.165, 1.54) is 30.3 Å². The van der Waals surface area contributed by atoms with Gasteiger partial charge in [0.25, 0.3) is 5.79 Å². The van der Waals surface area contributed by atoms with Crippen molar-refractivity contribution in [2.75, 3.05) is 0 Å². The van der Waals surface area contributed by atoms with Crippen molar-refractivity contribution >= 4 is 11.6 Å². The molecular weight excluding hydrogens is 672 g/mol. The minimum Gasteiger partial charge on any atom is -0.508 e. The number of ketones is 2. The molecule has 1 aliphatic carbocycles. The lowest BCUT2D eigenvalue weighted by atomic mass is 9.65. The Morgan fingerprint density at radius 2 is 1.50 bits per heavy atom. The van der Waals surface area contributed by atoms with Crippen molar-refractivity contribution < 1.29 is 59.9 Å². The molecular formula is C40H36O12. The fourth-order valence-electron chi connectivity index (χ4n) is 7.83. The molecule has 52 heavy (non-hydrogen) atoms. The third kappa shape index (κ3) is 5.17. The van der Waals surface area contributed by atoms with Gasteiger partial charge in [0, 0.05) is 59.6 Å². The van der Waals surface area contributed by atoms with E-state index < -0.39 is 69.3 Å². The molecule has 5 atom stereocenters. The molecule has 3 aliphatic rings. The van der Waals surface area contributed by atoms with Gasteiger partial charge in [-0.15, -0.1) is 0 Å². The van der Waals surface area contributed by atoms with Crippen LogP contribution >= 0.6 is 0 Å². The Labute approximate surface area is 297 Å². The van der Waals surface area contributed by atoms with E-state index in [0.717, 1.165) is 35.9 Å². The molecule has 12 heteroatoms. The Kier molecular flexibility index (Phi) is 7.91. The smallest absolute Gasteiger partial charge is 0.286 e. The number of carbonyl (C=O) groups is 2. The first-order valence-electron chi connectivity index (χ1n) is 16.5. The molecule has 8 N–H and O–H groups in total. The second-order valence-corrected chi connectivity index (χ2v) is 13.9. The SMILES string of the molecule is CC(C)=CC[C@]12Oc3cc(O)ccc3[C@@]1(O)Oc1cc(O)c([C@H]3C=C(C)C[C@@H](c4ccc(O)cc4O)[C@@H]3C(=O)c3cc(O)cc(O)c3)c(O)c1C2=O. The van der Waals surface area contributed by atoms with Crippen molar-refractivity contribution in [2.24, 2.45) is 5.92 Å². The topological polar surface area (TPSA) is 214 Å². The van der Waals surface area contributed by atoms with Crippen LogP contribution < -0.4 is 9.47 Å². The van der Waals surface area contributed by atoms with E-state index >= 15 is 0 Å². The van der Waals surface area contributed by atoms with Crippen molar-refractivity contribution in [3.05, 3.63) is 112 Å². The zero-order valence-corrected chi connectivity index (χ0v) is 28.3. The summed E-state index contributed by atoms with van der Waals surface area (Å²) >= 11 is 0. The van der Waals surface area contributed by atoms with Crippen LogP contribution in [0.25, 0.3) is 0 Å². The highest BCUT2D eigenvalue weighted by molar-refractivity contribution is 6.10. The van der Waals surface area contributed by atoms with E-state index in [2.05, 4.69) is 0 Å². The fourth-order valence-corrected chi connectivity index (χ4v) is 7.83. The third-order valence-corrected chi connectivity index (χ3v) is 10.2. The van der Waals surface area contributed by atoms with E-state index in [4.69, 9.17) is 9.47 Å². The molecule has 0 bridgehead atoms. The van der Waals surface area contributed by atoms with Gasteiger partial charge in [-0.3, -0.25) is 9.59 Å². The van der Waals surface area contributed by atoms with Gasteiger partial charge in [0.1, 0.15) is 57.3 Å². The fraction of sp³-hybridized carbons (Fsp3) is 0.250. The van der Waals surface area contributed by atoms with Gasteiger partial charge in [-0.2, -0.15) is 0 Å². The van der Waals surface area contributed by atoms with Crippen LogP contribution in [0, 0.1) is 5.92 Å². The van der Waals surface area contributed by atoms with Gasteiger partial charge in [-0.05, 0) is 63.1 Å². The molecule has 0 saturated heterocycles. The largest absolute Gasteiger partial charge is 0.508 e. The average molecular weight is 709 g/mol. The zero-order chi connectivity index (χ0) is 37.4. The number of carbonyl (C=O) groups excluding carboxylic acids is 2. The summed E-state index contributed by atoms with van der Waals surface area (Å²) in [4.78, 5) is 29.4. The molecule has 0 fully saturated rings. The van der Waals surface area contributed by atoms with Crippen LogP contribution in [0.1, 0.15) is 82.9 Å². The highest BCUT2D eigenvalue weighted by Gasteiger charge is 2.70. The van der Waals surface area contributed by atoms with Crippen LogP contribution in [0.5, 0.6) is 51.7 Å². The summed E-state index contributed by atoms with van der Waals surface area (Å²) in [6.45, 7) is 5.32. The number of aliphatic hydroxyl groups is 1. The Morgan fingerprint density at radius 3 is 2.17 bits per heavy atom. The third-order valence-electron chi connectivity index (χ3n) is 10.2. The van der Waals surface area contributed by atoms with Crippen molar-refractivity contribution in [3.8, 4) is 51.7 Å². The number of Topliss-reactive ketones (excluding diaryl/α,β-unsaturated/α-hetero) is 2. The predicted octanol–water partition coefficient (Wildman–Crippen LogP) is 6.25. The lowest BCUT2D eigenvalue weighted by Gasteiger charge is -2.43. The minimum atomic E-state index is -2.45. The Hall–Kier alpha value is -6.14. The second kappa shape index (κ2) is 12.0. The predicted molar refractivity (Wildman–Crippen MR) is 185 cm³/mol. The molecule has 7 rings (SSSR count). The lowest BCUT2D eigenvalue weighted by Crippen LogP contribution is -2.62. The maximum Gasteiger partial charge on any atom is 0.286 e. The summed E-state index contributed by atoms with van der Waals surface area (Å²) in [6.07, 6.45) is 3.29. The van der Waals surface area contributed by atoms with Crippen molar-refractivity contribution in [1.29, 1.82) is 0 Å². The van der Waals surface area contributed by atoms with Crippen LogP contribution in [0.3, 0.4) is 0 Å². The highest BCUT2D eigenvalue weighted by Crippen LogP contribution is 2.60. The first-order valence-corrected chi connectivity index (χ1v) is 16.5. The van der Waals surface area contributed by atoms with Crippen LogP contribution in [-0.4, -0.2) is 58.0 Å². The first kappa shape index (κ1) is 34.3. The van der Waals surface area contributed by atoms with Crippen molar-refractivity contribution in [3.63, 3.8) is 0 Å². The summed E-state index contributed by atoms with van der Waals surface area (Å²) in [5.74, 6) is -10.5. The number of allylic oxidation sites excluding steroid dienone is 3. The lowest BCUT2D eigenvalue weighted by molar-refractivity contribution is -0.221. The normalized spacial score (nSPS) is 24.4. The summed E-state index contributed by atoms with van der Waals surface area (Å²) in [6, 6.07) is 12.2. The number of phenolic OH excluding ortho intramolecular Hbond substituents is 7. The van der Waals surface area contributed by atoms with Gasteiger partial charge in [-0.25, -0.2) is 0 Å². The maximum absolute atomic E-state index is 14.8. The number of ether oxygens (including phenoxy) is 2. The van der Waals surface area contributed by atoms with Crippen LogP contribution in [-0.2, 0) is 5.79 Å². The molecule has 268 valence electrons. The molecule has 0 radical (unpaired) electrons. The van der Waals surface area contributed by atoms with Crippen molar-refractivity contribution in [2.45, 2.75) is 56.8 Å². The van der Waals surface area contributed by atoms with E-state index in [0.29, 0.717) is 5.57 Å². The number of rotatable bonds is 6. The number of aromatic hydroxyl groups is 7. The summed E-state index contributed by atoms with van der Waals surface area (Å²) in [5, 5.41) is 87.7. The van der Waals surface area contributed by atoms with Gasteiger partial charge in [-0.1, -0.05) is 29.4 Å².